The van der Waals surface area contributed by atoms with Crippen molar-refractivity contribution in [3.63, 3.8) is 0 Å². The molecule has 2 rings (SSSR count). The smallest absolute Gasteiger partial charge is 0.0974 e. The number of rotatable bonds is 0. The number of aryl methyl sites for hydroxylation is 1. The maximum atomic E-state index is 4.08. The molecule has 0 bridgehead atoms. The summed E-state index contributed by atoms with van der Waals surface area (Å²) in [6.07, 6.45) is 2.97. The van der Waals surface area contributed by atoms with Gasteiger partial charge in [0, 0.05) is 11.1 Å². The van der Waals surface area contributed by atoms with Crippen LogP contribution in [-0.2, 0) is 0 Å². The van der Waals surface area contributed by atoms with E-state index in [-0.39, 0.29) is 0 Å². The van der Waals surface area contributed by atoms with Crippen molar-refractivity contribution < 1.29 is 0 Å². The molecular weight excluding hydrogens is 134 g/mol. The van der Waals surface area contributed by atoms with Crippen molar-refractivity contribution in [1.82, 2.24) is 4.98 Å². The van der Waals surface area contributed by atoms with Crippen LogP contribution in [0.15, 0.2) is 30.3 Å². The fourth-order valence-electron chi connectivity index (χ4n) is 1.13. The molecule has 0 atom stereocenters. The molecule has 53 valence electrons. The Morgan fingerprint density at radius 3 is 3.00 bits per heavy atom. The molecule has 0 N–H and O–H groups in total. The third-order valence-corrected chi connectivity index (χ3v) is 1.68. The molecule has 1 radical (unpaired) electrons. The predicted molar refractivity (Wildman–Crippen MR) is 45.3 cm³/mol. The zero-order valence-electron chi connectivity index (χ0n) is 6.33. The van der Waals surface area contributed by atoms with E-state index in [1.54, 1.807) is 0 Å². The largest absolute Gasteiger partial charge is 0.251 e. The molecule has 0 aliphatic carbocycles. The first-order valence-electron chi connectivity index (χ1n) is 3.60. The first kappa shape index (κ1) is 6.35. The molecule has 2 aromatic rings. The van der Waals surface area contributed by atoms with Gasteiger partial charge >= 0.3 is 0 Å². The van der Waals surface area contributed by atoms with Crippen LogP contribution >= 0.6 is 0 Å². The van der Waals surface area contributed by atoms with E-state index in [1.807, 2.05) is 25.1 Å². The van der Waals surface area contributed by atoms with Gasteiger partial charge in [0.2, 0.25) is 0 Å². The van der Waals surface area contributed by atoms with Crippen LogP contribution in [0.1, 0.15) is 5.69 Å². The van der Waals surface area contributed by atoms with Crippen molar-refractivity contribution >= 4 is 10.8 Å². The molecule has 1 nitrogen and oxygen atoms in total. The Morgan fingerprint density at radius 2 is 2.09 bits per heavy atom. The lowest BCUT2D eigenvalue weighted by Gasteiger charge is -1.95. The van der Waals surface area contributed by atoms with Crippen molar-refractivity contribution in [1.29, 1.82) is 0 Å². The number of benzene rings is 1. The molecule has 11 heavy (non-hydrogen) atoms. The molecule has 0 aliphatic rings. The van der Waals surface area contributed by atoms with Gasteiger partial charge in [-0.25, -0.2) is 0 Å². The SMILES string of the molecule is Cc1cc2ccccc2[c]n1. The van der Waals surface area contributed by atoms with Crippen LogP contribution in [-0.4, -0.2) is 4.98 Å². The molecule has 1 aromatic heterocycles. The van der Waals surface area contributed by atoms with E-state index in [4.69, 9.17) is 0 Å². The van der Waals surface area contributed by atoms with E-state index in [1.165, 1.54) is 5.39 Å². The Hall–Kier alpha value is -1.37. The number of hydrogen-bond donors (Lipinski definition) is 0. The summed E-state index contributed by atoms with van der Waals surface area (Å²) >= 11 is 0. The number of fused-ring (bicyclic) bond motifs is 1. The Morgan fingerprint density at radius 1 is 1.27 bits per heavy atom. The number of pyridine rings is 1. The highest BCUT2D eigenvalue weighted by Crippen LogP contribution is 2.11. The summed E-state index contributed by atoms with van der Waals surface area (Å²) in [6, 6.07) is 10.2. The minimum absolute atomic E-state index is 1.02. The third kappa shape index (κ3) is 1.09. The highest BCUT2D eigenvalue weighted by Gasteiger charge is 1.91. The maximum absolute atomic E-state index is 4.08. The standard InChI is InChI=1S/C10H8N/c1-8-6-9-4-2-3-5-10(9)7-11-8/h2-6H,1H3. The van der Waals surface area contributed by atoms with Gasteiger partial charge in [0.05, 0.1) is 6.20 Å². The molecule has 0 unspecified atom stereocenters. The molecule has 1 aromatic carbocycles. The summed E-state index contributed by atoms with van der Waals surface area (Å²) in [5.74, 6) is 0. The minimum atomic E-state index is 1.02. The molecule has 1 heteroatoms. The zero-order valence-corrected chi connectivity index (χ0v) is 6.33. The molecule has 0 amide bonds. The normalized spacial score (nSPS) is 10.3. The molecule has 0 spiro atoms. The monoisotopic (exact) mass is 142 g/mol. The quantitative estimate of drug-likeness (QED) is 0.550. The molecular formula is C10H8N. The van der Waals surface area contributed by atoms with Crippen molar-refractivity contribution in [2.24, 2.45) is 0 Å². The average Bonchev–Trinajstić information content (AvgIpc) is 2.04. The molecule has 0 aliphatic heterocycles. The van der Waals surface area contributed by atoms with E-state index < -0.39 is 0 Å². The van der Waals surface area contributed by atoms with Crippen LogP contribution in [0.4, 0.5) is 0 Å². The van der Waals surface area contributed by atoms with Crippen LogP contribution < -0.4 is 0 Å². The third-order valence-electron chi connectivity index (χ3n) is 1.68. The van der Waals surface area contributed by atoms with Gasteiger partial charge in [-0.1, -0.05) is 24.3 Å². The van der Waals surface area contributed by atoms with Gasteiger partial charge in [0.1, 0.15) is 0 Å². The average molecular weight is 142 g/mol. The number of nitrogens with zero attached hydrogens (tertiary/aromatic N) is 1. The van der Waals surface area contributed by atoms with Gasteiger partial charge in [-0.05, 0) is 18.4 Å². The van der Waals surface area contributed by atoms with Gasteiger partial charge in [0.25, 0.3) is 0 Å². The summed E-state index contributed by atoms with van der Waals surface area (Å²) in [5.41, 5.74) is 1.02. The molecule has 0 saturated carbocycles. The second-order valence-electron chi connectivity index (χ2n) is 2.60. The summed E-state index contributed by atoms with van der Waals surface area (Å²) in [4.78, 5) is 4.08. The lowest BCUT2D eigenvalue weighted by Crippen LogP contribution is -1.80. The summed E-state index contributed by atoms with van der Waals surface area (Å²) in [5, 5.41) is 2.29. The molecule has 0 fully saturated rings. The van der Waals surface area contributed by atoms with Gasteiger partial charge in [-0.2, -0.15) is 0 Å². The number of aromatic nitrogens is 1. The summed E-state index contributed by atoms with van der Waals surface area (Å²) in [6.45, 7) is 1.98. The van der Waals surface area contributed by atoms with Crippen LogP contribution in [0.3, 0.4) is 0 Å². The van der Waals surface area contributed by atoms with Crippen LogP contribution in [0.5, 0.6) is 0 Å². The van der Waals surface area contributed by atoms with Crippen LogP contribution in [0.25, 0.3) is 10.8 Å². The van der Waals surface area contributed by atoms with Gasteiger partial charge in [0.15, 0.2) is 0 Å². The van der Waals surface area contributed by atoms with E-state index in [9.17, 15) is 0 Å². The van der Waals surface area contributed by atoms with Crippen molar-refractivity contribution in [3.05, 3.63) is 42.2 Å². The highest BCUT2D eigenvalue weighted by atomic mass is 14.6. The maximum Gasteiger partial charge on any atom is 0.0974 e. The Bertz CT molecular complexity index is 379. The molecule has 0 saturated heterocycles. The second-order valence-corrected chi connectivity index (χ2v) is 2.60. The second kappa shape index (κ2) is 2.35. The van der Waals surface area contributed by atoms with Crippen molar-refractivity contribution in [3.8, 4) is 0 Å². The summed E-state index contributed by atoms with van der Waals surface area (Å²) < 4.78 is 0. The molecule has 1 heterocycles. The topological polar surface area (TPSA) is 12.9 Å². The Labute approximate surface area is 65.7 Å². The summed E-state index contributed by atoms with van der Waals surface area (Å²) in [7, 11) is 0. The van der Waals surface area contributed by atoms with E-state index in [0.717, 1.165) is 11.1 Å². The fourth-order valence-corrected chi connectivity index (χ4v) is 1.13. The minimum Gasteiger partial charge on any atom is -0.251 e. The van der Waals surface area contributed by atoms with Crippen molar-refractivity contribution in [2.45, 2.75) is 6.92 Å². The Balaban J connectivity index is 2.83. The van der Waals surface area contributed by atoms with Gasteiger partial charge in [-0.3, -0.25) is 4.98 Å². The van der Waals surface area contributed by atoms with E-state index >= 15 is 0 Å². The van der Waals surface area contributed by atoms with E-state index in [0.29, 0.717) is 0 Å². The fraction of sp³-hybridized carbons (Fsp3) is 0.100. The first-order valence-corrected chi connectivity index (χ1v) is 3.60. The first-order chi connectivity index (χ1) is 5.36. The van der Waals surface area contributed by atoms with Gasteiger partial charge < -0.3 is 0 Å². The lowest BCUT2D eigenvalue weighted by atomic mass is 10.1. The van der Waals surface area contributed by atoms with Crippen LogP contribution in [0, 0.1) is 13.1 Å². The van der Waals surface area contributed by atoms with Gasteiger partial charge in [-0.15, -0.1) is 0 Å². The van der Waals surface area contributed by atoms with E-state index in [2.05, 4.69) is 23.3 Å². The Kier molecular flexibility index (Phi) is 1.35. The van der Waals surface area contributed by atoms with Crippen LogP contribution in [0.2, 0.25) is 0 Å². The highest BCUT2D eigenvalue weighted by molar-refractivity contribution is 5.81. The van der Waals surface area contributed by atoms with Crippen molar-refractivity contribution in [2.75, 3.05) is 0 Å². The lowest BCUT2D eigenvalue weighted by molar-refractivity contribution is 1.21. The zero-order chi connectivity index (χ0) is 7.68. The number of hydrogen-bond acceptors (Lipinski definition) is 1. The predicted octanol–water partition coefficient (Wildman–Crippen LogP) is 2.34.